The van der Waals surface area contributed by atoms with Gasteiger partial charge in [-0.1, -0.05) is 44.2 Å². The van der Waals surface area contributed by atoms with E-state index < -0.39 is 10.0 Å². The molecule has 6 nitrogen and oxygen atoms in total. The van der Waals surface area contributed by atoms with Crippen molar-refractivity contribution >= 4 is 27.4 Å². The molecule has 2 rings (SSSR count). The fraction of sp³-hybridized carbons (Fsp3) is 0.389. The Bertz CT molecular complexity index is 830. The van der Waals surface area contributed by atoms with Gasteiger partial charge in [0.2, 0.25) is 0 Å². The molecule has 0 aliphatic rings. The van der Waals surface area contributed by atoms with E-state index in [1.165, 1.54) is 18.4 Å². The quantitative estimate of drug-likeness (QED) is 0.756. The van der Waals surface area contributed by atoms with Gasteiger partial charge in [-0.25, -0.2) is 17.5 Å². The summed E-state index contributed by atoms with van der Waals surface area (Å²) in [7, 11) is -0.445. The summed E-state index contributed by atoms with van der Waals surface area (Å²) in [6.45, 7) is 4.38. The molecule has 0 saturated carbocycles. The van der Waals surface area contributed by atoms with Gasteiger partial charge in [-0.15, -0.1) is 11.3 Å². The highest BCUT2D eigenvalue weighted by molar-refractivity contribution is 7.91. The van der Waals surface area contributed by atoms with Crippen molar-refractivity contribution in [1.29, 1.82) is 0 Å². The van der Waals surface area contributed by atoms with Crippen LogP contribution < -0.4 is 10.6 Å². The third-order valence-corrected chi connectivity index (χ3v) is 7.27. The third kappa shape index (κ3) is 5.06. The Morgan fingerprint density at radius 3 is 2.35 bits per heavy atom. The van der Waals surface area contributed by atoms with Gasteiger partial charge in [-0.3, -0.25) is 0 Å². The summed E-state index contributed by atoms with van der Waals surface area (Å²) in [5.41, 5.74) is 1.05. The molecule has 0 spiro atoms. The lowest BCUT2D eigenvalue weighted by molar-refractivity contribution is 0.233. The lowest BCUT2D eigenvalue weighted by atomic mass is 9.96. The van der Waals surface area contributed by atoms with Gasteiger partial charge in [-0.2, -0.15) is 0 Å². The minimum Gasteiger partial charge on any atom is -0.333 e. The second-order valence-electron chi connectivity index (χ2n) is 6.47. The number of nitrogens with zero attached hydrogens (tertiary/aromatic N) is 1. The zero-order valence-corrected chi connectivity index (χ0v) is 17.0. The van der Waals surface area contributed by atoms with E-state index in [2.05, 4.69) is 24.5 Å². The van der Waals surface area contributed by atoms with Crippen LogP contribution in [0.1, 0.15) is 30.3 Å². The van der Waals surface area contributed by atoms with Gasteiger partial charge in [0.25, 0.3) is 10.0 Å². The number of carbonyl (C=O) groups is 1. The Balaban J connectivity index is 1.97. The molecule has 1 aromatic heterocycles. The highest BCUT2D eigenvalue weighted by atomic mass is 32.2. The van der Waals surface area contributed by atoms with Gasteiger partial charge in [0.1, 0.15) is 4.21 Å². The van der Waals surface area contributed by atoms with E-state index in [1.54, 1.807) is 12.1 Å². The highest BCUT2D eigenvalue weighted by Crippen LogP contribution is 2.24. The van der Waals surface area contributed by atoms with Crippen molar-refractivity contribution in [1.82, 2.24) is 14.9 Å². The molecular formula is C18H25N3O3S2. The molecule has 1 atom stereocenters. The van der Waals surface area contributed by atoms with Crippen LogP contribution in [0.4, 0.5) is 4.79 Å². The molecule has 142 valence electrons. The molecule has 26 heavy (non-hydrogen) atoms. The van der Waals surface area contributed by atoms with Gasteiger partial charge in [-0.05, 0) is 23.6 Å². The average molecular weight is 396 g/mol. The molecule has 0 saturated heterocycles. The first-order valence-electron chi connectivity index (χ1n) is 8.32. The summed E-state index contributed by atoms with van der Waals surface area (Å²) >= 11 is 1.16. The van der Waals surface area contributed by atoms with Crippen molar-refractivity contribution < 1.29 is 13.2 Å². The van der Waals surface area contributed by atoms with Gasteiger partial charge in [0, 0.05) is 19.0 Å². The highest BCUT2D eigenvalue weighted by Gasteiger charge is 2.20. The summed E-state index contributed by atoms with van der Waals surface area (Å²) in [6.07, 6.45) is 0. The van der Waals surface area contributed by atoms with Gasteiger partial charge in [0.15, 0.2) is 0 Å². The second-order valence-corrected chi connectivity index (χ2v) is 10.0. The lowest BCUT2D eigenvalue weighted by Gasteiger charge is -2.23. The predicted molar refractivity (Wildman–Crippen MR) is 105 cm³/mol. The fourth-order valence-corrected chi connectivity index (χ4v) is 4.89. The average Bonchev–Trinajstić information content (AvgIpc) is 3.08. The van der Waals surface area contributed by atoms with Crippen molar-refractivity contribution in [2.45, 2.75) is 30.6 Å². The maximum Gasteiger partial charge on any atom is 0.315 e. The van der Waals surface area contributed by atoms with Crippen LogP contribution in [-0.4, -0.2) is 32.8 Å². The summed E-state index contributed by atoms with van der Waals surface area (Å²) in [6, 6.07) is 12.7. The topological polar surface area (TPSA) is 78.5 Å². The number of urea groups is 1. The second kappa shape index (κ2) is 8.66. The molecule has 2 aromatic rings. The molecule has 1 unspecified atom stereocenters. The molecule has 0 aliphatic carbocycles. The lowest BCUT2D eigenvalue weighted by Crippen LogP contribution is -2.39. The Morgan fingerprint density at radius 2 is 1.77 bits per heavy atom. The Morgan fingerprint density at radius 1 is 1.12 bits per heavy atom. The molecular weight excluding hydrogens is 370 g/mol. The molecule has 2 N–H and O–H groups in total. The minimum absolute atomic E-state index is 0.0933. The SMILES string of the molecule is CC(C)C(NC(=O)NCc1ccc(S(=O)(=O)N(C)C)s1)c1ccccc1. The maximum atomic E-state index is 12.3. The van der Waals surface area contributed by atoms with Crippen LogP contribution in [0.15, 0.2) is 46.7 Å². The van der Waals surface area contributed by atoms with Gasteiger partial charge in [0.05, 0.1) is 12.6 Å². The standard InChI is InChI=1S/C18H25N3O3S2/c1-13(2)17(14-8-6-5-7-9-14)20-18(22)19-12-15-10-11-16(25-15)26(23,24)21(3)4/h5-11,13,17H,12H2,1-4H3,(H2,19,20,22). The van der Waals surface area contributed by atoms with Crippen LogP contribution >= 0.6 is 11.3 Å². The smallest absolute Gasteiger partial charge is 0.315 e. The van der Waals surface area contributed by atoms with E-state index in [4.69, 9.17) is 0 Å². The van der Waals surface area contributed by atoms with Crippen molar-refractivity contribution in [3.8, 4) is 0 Å². The first kappa shape index (κ1) is 20.4. The molecule has 0 bridgehead atoms. The molecule has 0 fully saturated rings. The van der Waals surface area contributed by atoms with Crippen LogP contribution in [-0.2, 0) is 16.6 Å². The number of thiophene rings is 1. The minimum atomic E-state index is -3.44. The number of sulfonamides is 1. The predicted octanol–water partition coefficient (Wildman–Crippen LogP) is 3.19. The first-order valence-corrected chi connectivity index (χ1v) is 10.6. The van der Waals surface area contributed by atoms with E-state index in [9.17, 15) is 13.2 Å². The van der Waals surface area contributed by atoms with E-state index in [-0.39, 0.29) is 28.7 Å². The van der Waals surface area contributed by atoms with Gasteiger partial charge >= 0.3 is 6.03 Å². The summed E-state index contributed by atoms with van der Waals surface area (Å²) in [4.78, 5) is 13.1. The summed E-state index contributed by atoms with van der Waals surface area (Å²) in [5, 5.41) is 5.79. The number of amides is 2. The number of rotatable bonds is 7. The van der Waals surface area contributed by atoms with Crippen molar-refractivity contribution in [2.75, 3.05) is 14.1 Å². The van der Waals surface area contributed by atoms with Crippen LogP contribution in [0.3, 0.4) is 0 Å². The zero-order chi connectivity index (χ0) is 19.3. The Hall–Kier alpha value is -1.90. The molecule has 1 aromatic carbocycles. The number of hydrogen-bond acceptors (Lipinski definition) is 4. The van der Waals surface area contributed by atoms with Crippen LogP contribution in [0.25, 0.3) is 0 Å². The van der Waals surface area contributed by atoms with Crippen LogP contribution in [0.5, 0.6) is 0 Å². The largest absolute Gasteiger partial charge is 0.333 e. The van der Waals surface area contributed by atoms with E-state index >= 15 is 0 Å². The third-order valence-electron chi connectivity index (χ3n) is 3.91. The number of carbonyl (C=O) groups excluding carboxylic acids is 1. The van der Waals surface area contributed by atoms with E-state index in [1.807, 2.05) is 30.3 Å². The summed E-state index contributed by atoms with van der Waals surface area (Å²) in [5.74, 6) is 0.238. The first-order chi connectivity index (χ1) is 12.2. The Labute approximate surface area is 159 Å². The zero-order valence-electron chi connectivity index (χ0n) is 15.4. The Kier molecular flexibility index (Phi) is 6.80. The number of nitrogens with one attached hydrogen (secondary N) is 2. The summed E-state index contributed by atoms with van der Waals surface area (Å²) < 4.78 is 25.6. The maximum absolute atomic E-state index is 12.3. The van der Waals surface area contributed by atoms with Gasteiger partial charge < -0.3 is 10.6 Å². The molecule has 0 aliphatic heterocycles. The molecule has 1 heterocycles. The van der Waals surface area contributed by atoms with Crippen LogP contribution in [0, 0.1) is 5.92 Å². The molecule has 2 amide bonds. The van der Waals surface area contributed by atoms with E-state index in [0.29, 0.717) is 0 Å². The fourth-order valence-electron chi connectivity index (χ4n) is 2.43. The monoisotopic (exact) mass is 395 g/mol. The van der Waals surface area contributed by atoms with E-state index in [0.717, 1.165) is 21.8 Å². The van der Waals surface area contributed by atoms with Crippen molar-refractivity contribution in [3.05, 3.63) is 52.9 Å². The number of benzene rings is 1. The van der Waals surface area contributed by atoms with Crippen molar-refractivity contribution in [3.63, 3.8) is 0 Å². The van der Waals surface area contributed by atoms with Crippen LogP contribution in [0.2, 0.25) is 0 Å². The van der Waals surface area contributed by atoms with Crippen molar-refractivity contribution in [2.24, 2.45) is 5.92 Å². The molecule has 8 heteroatoms. The number of hydrogen-bond donors (Lipinski definition) is 2. The molecule has 0 radical (unpaired) electrons. The normalized spacial score (nSPS) is 13.0.